The summed E-state index contributed by atoms with van der Waals surface area (Å²) in [5.74, 6) is 0.553. The van der Waals surface area contributed by atoms with Gasteiger partial charge in [-0.25, -0.2) is 9.89 Å². The van der Waals surface area contributed by atoms with E-state index in [1.54, 1.807) is 0 Å². The Hall–Kier alpha value is -2.37. The van der Waals surface area contributed by atoms with Crippen LogP contribution in [0.25, 0.3) is 0 Å². The number of aromatic amines is 2. The third-order valence-corrected chi connectivity index (χ3v) is 4.99. The van der Waals surface area contributed by atoms with Gasteiger partial charge in [0.05, 0.1) is 6.54 Å². The van der Waals surface area contributed by atoms with E-state index >= 15 is 0 Å². The standard InChI is InChI=1S/C16H18N4O2/c21-14(17-9-13-18-15(22)20-19-13)12-8-16(12)7-3-5-10-4-1-2-6-11(10)16/h1-2,4,6,12H,3,5,7-9H2,(H,17,21)(H2,18,19,20,22). The molecule has 2 aliphatic carbocycles. The van der Waals surface area contributed by atoms with Crippen LogP contribution in [-0.2, 0) is 23.2 Å². The van der Waals surface area contributed by atoms with Gasteiger partial charge in [0.25, 0.3) is 0 Å². The molecule has 114 valence electrons. The van der Waals surface area contributed by atoms with Gasteiger partial charge in [-0.05, 0) is 36.8 Å². The van der Waals surface area contributed by atoms with Gasteiger partial charge in [0, 0.05) is 11.3 Å². The maximum atomic E-state index is 12.4. The topological polar surface area (TPSA) is 90.6 Å². The number of aryl methyl sites for hydroxylation is 1. The van der Waals surface area contributed by atoms with Crippen LogP contribution >= 0.6 is 0 Å². The minimum absolute atomic E-state index is 0.0396. The van der Waals surface area contributed by atoms with E-state index < -0.39 is 0 Å². The van der Waals surface area contributed by atoms with Crippen molar-refractivity contribution in [1.29, 1.82) is 0 Å². The lowest BCUT2D eigenvalue weighted by Gasteiger charge is -2.26. The molecule has 1 spiro atoms. The van der Waals surface area contributed by atoms with Crippen LogP contribution in [0.1, 0.15) is 36.2 Å². The highest BCUT2D eigenvalue weighted by Crippen LogP contribution is 2.60. The average Bonchev–Trinajstić information content (AvgIpc) is 3.09. The smallest absolute Gasteiger partial charge is 0.340 e. The molecule has 22 heavy (non-hydrogen) atoms. The molecular weight excluding hydrogens is 280 g/mol. The second-order valence-electron chi connectivity index (χ2n) is 6.27. The number of fused-ring (bicyclic) bond motifs is 2. The number of amides is 1. The molecule has 0 aliphatic heterocycles. The minimum Gasteiger partial charge on any atom is -0.349 e. The van der Waals surface area contributed by atoms with Crippen LogP contribution < -0.4 is 11.0 Å². The monoisotopic (exact) mass is 298 g/mol. The molecule has 1 aromatic carbocycles. The van der Waals surface area contributed by atoms with Crippen LogP contribution in [0, 0.1) is 5.92 Å². The lowest BCUT2D eigenvalue weighted by atomic mass is 9.78. The third kappa shape index (κ3) is 2.06. The van der Waals surface area contributed by atoms with Crippen molar-refractivity contribution in [2.75, 3.05) is 0 Å². The summed E-state index contributed by atoms with van der Waals surface area (Å²) in [6.07, 6.45) is 4.27. The Morgan fingerprint density at radius 1 is 1.41 bits per heavy atom. The summed E-state index contributed by atoms with van der Waals surface area (Å²) >= 11 is 0. The summed E-state index contributed by atoms with van der Waals surface area (Å²) in [6, 6.07) is 8.49. The van der Waals surface area contributed by atoms with Crippen LogP contribution in [0.15, 0.2) is 29.1 Å². The van der Waals surface area contributed by atoms with Crippen LogP contribution in [0.3, 0.4) is 0 Å². The highest BCUT2D eigenvalue weighted by molar-refractivity contribution is 5.84. The number of aromatic nitrogens is 3. The molecule has 2 atom stereocenters. The Bertz CT molecular complexity index is 778. The van der Waals surface area contributed by atoms with Gasteiger partial charge < -0.3 is 5.32 Å². The highest BCUT2D eigenvalue weighted by atomic mass is 16.2. The largest absolute Gasteiger partial charge is 0.349 e. The number of nitrogens with one attached hydrogen (secondary N) is 3. The van der Waals surface area contributed by atoms with Crippen molar-refractivity contribution in [3.8, 4) is 0 Å². The molecule has 6 nitrogen and oxygen atoms in total. The summed E-state index contributed by atoms with van der Waals surface area (Å²) in [5.41, 5.74) is 2.43. The Morgan fingerprint density at radius 2 is 2.27 bits per heavy atom. The minimum atomic E-state index is -0.353. The summed E-state index contributed by atoms with van der Waals surface area (Å²) < 4.78 is 0. The fourth-order valence-electron chi connectivity index (χ4n) is 3.86. The van der Waals surface area contributed by atoms with Gasteiger partial charge in [-0.3, -0.25) is 9.78 Å². The Morgan fingerprint density at radius 3 is 3.09 bits per heavy atom. The predicted octanol–water partition coefficient (Wildman–Crippen LogP) is 1.01. The molecule has 4 rings (SSSR count). The first kappa shape index (κ1) is 13.3. The van der Waals surface area contributed by atoms with Gasteiger partial charge >= 0.3 is 5.69 Å². The molecule has 3 N–H and O–H groups in total. The molecule has 1 heterocycles. The molecule has 0 radical (unpaired) electrons. The number of carbonyl (C=O) groups excluding carboxylic acids is 1. The van der Waals surface area contributed by atoms with Gasteiger partial charge in [-0.1, -0.05) is 24.3 Å². The van der Waals surface area contributed by atoms with Gasteiger partial charge in [0.1, 0.15) is 5.82 Å². The molecule has 0 saturated heterocycles. The van der Waals surface area contributed by atoms with Gasteiger partial charge in [0.15, 0.2) is 0 Å². The van der Waals surface area contributed by atoms with Crippen LogP contribution in [0.4, 0.5) is 0 Å². The van der Waals surface area contributed by atoms with E-state index in [-0.39, 0.29) is 29.5 Å². The first-order valence-electron chi connectivity index (χ1n) is 7.69. The van der Waals surface area contributed by atoms with E-state index in [1.165, 1.54) is 11.1 Å². The van der Waals surface area contributed by atoms with Gasteiger partial charge in [0.2, 0.25) is 5.91 Å². The van der Waals surface area contributed by atoms with E-state index in [0.717, 1.165) is 25.7 Å². The summed E-state index contributed by atoms with van der Waals surface area (Å²) in [5, 5.41) is 8.98. The van der Waals surface area contributed by atoms with Crippen molar-refractivity contribution in [2.24, 2.45) is 5.92 Å². The average molecular weight is 298 g/mol. The van der Waals surface area contributed by atoms with Crippen molar-refractivity contribution < 1.29 is 4.79 Å². The van der Waals surface area contributed by atoms with Crippen molar-refractivity contribution >= 4 is 5.91 Å². The maximum Gasteiger partial charge on any atom is 0.340 e. The normalized spacial score (nSPS) is 25.7. The second-order valence-corrected chi connectivity index (χ2v) is 6.27. The zero-order valence-corrected chi connectivity index (χ0v) is 12.2. The summed E-state index contributed by atoms with van der Waals surface area (Å²) in [4.78, 5) is 25.9. The lowest BCUT2D eigenvalue weighted by molar-refractivity contribution is -0.123. The number of benzene rings is 1. The number of hydrogen-bond acceptors (Lipinski definition) is 3. The fraction of sp³-hybridized carbons (Fsp3) is 0.438. The molecule has 1 aromatic heterocycles. The quantitative estimate of drug-likeness (QED) is 0.790. The molecule has 0 bridgehead atoms. The zero-order chi connectivity index (χ0) is 15.2. The molecule has 2 aliphatic rings. The molecule has 2 unspecified atom stereocenters. The number of rotatable bonds is 3. The van der Waals surface area contributed by atoms with E-state index in [0.29, 0.717) is 5.82 Å². The van der Waals surface area contributed by atoms with Crippen LogP contribution in [0.2, 0.25) is 0 Å². The number of carbonyl (C=O) groups is 1. The molecule has 6 heteroatoms. The molecule has 2 aromatic rings. The Labute approximate surface area is 127 Å². The number of nitrogens with zero attached hydrogens (tertiary/aromatic N) is 1. The summed E-state index contributed by atoms with van der Waals surface area (Å²) in [6.45, 7) is 0.256. The SMILES string of the molecule is O=C(NCc1n[nH]c(=O)[nH]1)C1CC12CCCc1ccccc12. The maximum absolute atomic E-state index is 12.4. The van der Waals surface area contributed by atoms with Crippen molar-refractivity contribution in [3.05, 3.63) is 51.7 Å². The Kier molecular flexibility index (Phi) is 2.92. The van der Waals surface area contributed by atoms with Crippen LogP contribution in [0.5, 0.6) is 0 Å². The first-order valence-corrected chi connectivity index (χ1v) is 7.69. The predicted molar refractivity (Wildman–Crippen MR) is 80.2 cm³/mol. The van der Waals surface area contributed by atoms with Gasteiger partial charge in [-0.2, -0.15) is 5.10 Å². The van der Waals surface area contributed by atoms with E-state index in [2.05, 4.69) is 44.8 Å². The molecule has 1 amide bonds. The first-order chi connectivity index (χ1) is 10.7. The Balaban J connectivity index is 1.47. The molecule has 1 fully saturated rings. The fourth-order valence-corrected chi connectivity index (χ4v) is 3.86. The third-order valence-electron chi connectivity index (χ3n) is 4.99. The molecular formula is C16H18N4O2. The van der Waals surface area contributed by atoms with Crippen molar-refractivity contribution in [1.82, 2.24) is 20.5 Å². The number of H-pyrrole nitrogens is 2. The highest BCUT2D eigenvalue weighted by Gasteiger charge is 2.59. The number of hydrogen-bond donors (Lipinski definition) is 3. The zero-order valence-electron chi connectivity index (χ0n) is 12.2. The van der Waals surface area contributed by atoms with Gasteiger partial charge in [-0.15, -0.1) is 0 Å². The second kappa shape index (κ2) is 4.83. The van der Waals surface area contributed by atoms with Crippen molar-refractivity contribution in [3.63, 3.8) is 0 Å². The lowest BCUT2D eigenvalue weighted by Crippen LogP contribution is -2.30. The van der Waals surface area contributed by atoms with Crippen molar-refractivity contribution in [2.45, 2.75) is 37.6 Å². The van der Waals surface area contributed by atoms with E-state index in [4.69, 9.17) is 0 Å². The summed E-state index contributed by atoms with van der Waals surface area (Å²) in [7, 11) is 0. The van der Waals surface area contributed by atoms with E-state index in [9.17, 15) is 9.59 Å². The van der Waals surface area contributed by atoms with E-state index in [1.807, 2.05) is 0 Å². The van der Waals surface area contributed by atoms with Crippen LogP contribution in [-0.4, -0.2) is 21.1 Å². The molecule has 1 saturated carbocycles.